The van der Waals surface area contributed by atoms with Crippen molar-refractivity contribution in [2.45, 2.75) is 0 Å². The van der Waals surface area contributed by atoms with Gasteiger partial charge in [-0.05, 0) is 0 Å². The number of hydrogen-bond donors (Lipinski definition) is 1. The van der Waals surface area contributed by atoms with Crippen LogP contribution in [0.4, 0.5) is 0 Å². The highest BCUT2D eigenvalue weighted by Gasteiger charge is 1.94. The van der Waals surface area contributed by atoms with Crippen molar-refractivity contribution in [3.63, 3.8) is 0 Å². The van der Waals surface area contributed by atoms with E-state index in [0.717, 1.165) is 0 Å². The second-order valence-corrected chi connectivity index (χ2v) is 2.35. The molecule has 1 aliphatic rings. The van der Waals surface area contributed by atoms with Gasteiger partial charge in [0, 0.05) is 13.0 Å². The van der Waals surface area contributed by atoms with Crippen LogP contribution in [0.2, 0.25) is 0 Å². The molecule has 1 rings (SSSR count). The fourth-order valence-corrected chi connectivity index (χ4v) is 0.907. The molecular weight excluding hydrogens is 98.1 g/mol. The van der Waals surface area contributed by atoms with E-state index in [1.807, 2.05) is 0 Å². The van der Waals surface area contributed by atoms with E-state index in [1.54, 1.807) is 11.6 Å². The molecule has 0 amide bonds. The molecule has 0 radical (unpaired) electrons. The van der Waals surface area contributed by atoms with E-state index >= 15 is 0 Å². The monoisotopic (exact) mass is 105 g/mol. The van der Waals surface area contributed by atoms with Gasteiger partial charge in [0.25, 0.3) is 0 Å². The van der Waals surface area contributed by atoms with E-state index < -0.39 is 10.8 Å². The minimum Gasteiger partial charge on any atom is -0.379 e. The summed E-state index contributed by atoms with van der Waals surface area (Å²) in [5.41, 5.74) is 0. The standard InChI is InChI=1S/C3H5NOS.H2/c5-6-2-1-4-3-6;/h1-2,4H,3H2;1H. The third kappa shape index (κ3) is 0.597. The molecule has 0 saturated carbocycles. The maximum absolute atomic E-state index is 10.2. The zero-order valence-electron chi connectivity index (χ0n) is 3.18. The van der Waals surface area contributed by atoms with Crippen molar-refractivity contribution in [1.29, 1.82) is 0 Å². The predicted molar refractivity (Wildman–Crippen MR) is 27.4 cm³/mol. The van der Waals surface area contributed by atoms with Gasteiger partial charge >= 0.3 is 0 Å². The predicted octanol–water partition coefficient (Wildman–Crippen LogP) is 0.0130. The van der Waals surface area contributed by atoms with Crippen LogP contribution in [-0.4, -0.2) is 10.1 Å². The Hall–Kier alpha value is -0.310. The Morgan fingerprint density at radius 3 is 3.00 bits per heavy atom. The lowest BCUT2D eigenvalue weighted by molar-refractivity contribution is 0.688. The molecule has 6 heavy (non-hydrogen) atoms. The second-order valence-electron chi connectivity index (χ2n) is 1.03. The molecule has 1 atom stereocenters. The van der Waals surface area contributed by atoms with Crippen LogP contribution in [0.25, 0.3) is 0 Å². The first-order chi connectivity index (χ1) is 2.89. The highest BCUT2D eigenvalue weighted by Crippen LogP contribution is 1.86. The van der Waals surface area contributed by atoms with Gasteiger partial charge in [0.05, 0.1) is 16.7 Å². The summed E-state index contributed by atoms with van der Waals surface area (Å²) >= 11 is 0. The Kier molecular flexibility index (Phi) is 0.919. The molecule has 0 aromatic heterocycles. The van der Waals surface area contributed by atoms with Gasteiger partial charge in [0.1, 0.15) is 0 Å². The Bertz CT molecular complexity index is 103. The van der Waals surface area contributed by atoms with E-state index in [-0.39, 0.29) is 1.43 Å². The van der Waals surface area contributed by atoms with Crippen LogP contribution in [0.15, 0.2) is 11.6 Å². The fourth-order valence-electron chi connectivity index (χ4n) is 0.302. The van der Waals surface area contributed by atoms with Crippen LogP contribution in [0.3, 0.4) is 0 Å². The van der Waals surface area contributed by atoms with Gasteiger partial charge in [-0.15, -0.1) is 0 Å². The maximum atomic E-state index is 10.2. The highest BCUT2D eigenvalue weighted by molar-refractivity contribution is 7.88. The molecule has 1 unspecified atom stereocenters. The zero-order chi connectivity index (χ0) is 4.41. The van der Waals surface area contributed by atoms with Gasteiger partial charge in [-0.25, -0.2) is 0 Å². The van der Waals surface area contributed by atoms with Gasteiger partial charge in [-0.1, -0.05) is 0 Å². The molecule has 2 nitrogen and oxygen atoms in total. The Balaban J connectivity index is 0.000000360. The number of hydrogen-bond acceptors (Lipinski definition) is 2. The molecular formula is C3H7NOS. The van der Waals surface area contributed by atoms with Gasteiger partial charge in [-0.2, -0.15) is 0 Å². The Labute approximate surface area is 40.2 Å². The Morgan fingerprint density at radius 1 is 2.00 bits per heavy atom. The van der Waals surface area contributed by atoms with E-state index in [2.05, 4.69) is 5.32 Å². The topological polar surface area (TPSA) is 29.1 Å². The SMILES string of the molecule is O=S1C=CNC1.[HH]. The van der Waals surface area contributed by atoms with Crippen molar-refractivity contribution in [3.05, 3.63) is 11.6 Å². The second kappa shape index (κ2) is 1.43. The van der Waals surface area contributed by atoms with E-state index in [4.69, 9.17) is 0 Å². The Morgan fingerprint density at radius 2 is 2.83 bits per heavy atom. The molecule has 0 bridgehead atoms. The van der Waals surface area contributed by atoms with Crippen LogP contribution in [0, 0.1) is 0 Å². The lowest BCUT2D eigenvalue weighted by Crippen LogP contribution is -2.01. The normalized spacial score (nSPS) is 30.3. The van der Waals surface area contributed by atoms with Gasteiger partial charge < -0.3 is 5.32 Å². The minimum absolute atomic E-state index is 0. The number of rotatable bonds is 0. The molecule has 3 heteroatoms. The van der Waals surface area contributed by atoms with Gasteiger partial charge in [0.15, 0.2) is 0 Å². The maximum Gasteiger partial charge on any atom is 0.0948 e. The van der Waals surface area contributed by atoms with Crippen molar-refractivity contribution < 1.29 is 5.64 Å². The number of nitrogens with one attached hydrogen (secondary N) is 1. The van der Waals surface area contributed by atoms with Crippen molar-refractivity contribution >= 4 is 10.8 Å². The summed E-state index contributed by atoms with van der Waals surface area (Å²) in [6.07, 6.45) is 1.70. The molecule has 1 aliphatic heterocycles. The van der Waals surface area contributed by atoms with E-state index in [9.17, 15) is 4.21 Å². The molecule has 0 aromatic carbocycles. The highest BCUT2D eigenvalue weighted by atomic mass is 32.2. The smallest absolute Gasteiger partial charge is 0.0948 e. The summed E-state index contributed by atoms with van der Waals surface area (Å²) in [7, 11) is -0.715. The average Bonchev–Trinajstić information content (AvgIpc) is 1.86. The first-order valence-corrected chi connectivity index (χ1v) is 3.05. The summed E-state index contributed by atoms with van der Waals surface area (Å²) in [6, 6.07) is 0. The van der Waals surface area contributed by atoms with E-state index in [1.165, 1.54) is 0 Å². The summed E-state index contributed by atoms with van der Waals surface area (Å²) in [5.74, 6) is 0.597. The first-order valence-electron chi connectivity index (χ1n) is 1.67. The van der Waals surface area contributed by atoms with Crippen LogP contribution in [0.5, 0.6) is 0 Å². The molecule has 36 valence electrons. The third-order valence-electron chi connectivity index (χ3n) is 0.563. The van der Waals surface area contributed by atoms with Crippen LogP contribution >= 0.6 is 0 Å². The van der Waals surface area contributed by atoms with Crippen LogP contribution < -0.4 is 5.32 Å². The molecule has 1 N–H and O–H groups in total. The fraction of sp³-hybridized carbons (Fsp3) is 0.333. The summed E-state index contributed by atoms with van der Waals surface area (Å²) < 4.78 is 10.2. The third-order valence-corrected chi connectivity index (χ3v) is 1.45. The van der Waals surface area contributed by atoms with Gasteiger partial charge in [0.2, 0.25) is 0 Å². The lowest BCUT2D eigenvalue weighted by Gasteiger charge is -1.79. The van der Waals surface area contributed by atoms with Crippen molar-refractivity contribution in [3.8, 4) is 0 Å². The van der Waals surface area contributed by atoms with Crippen molar-refractivity contribution in [1.82, 2.24) is 5.32 Å². The summed E-state index contributed by atoms with van der Waals surface area (Å²) in [5, 5.41) is 4.43. The van der Waals surface area contributed by atoms with Crippen LogP contribution in [0.1, 0.15) is 1.43 Å². The van der Waals surface area contributed by atoms with Crippen molar-refractivity contribution in [2.75, 3.05) is 5.88 Å². The summed E-state index contributed by atoms with van der Waals surface area (Å²) in [6.45, 7) is 0. The zero-order valence-corrected chi connectivity index (χ0v) is 3.99. The van der Waals surface area contributed by atoms with Crippen LogP contribution in [-0.2, 0) is 10.8 Å². The summed E-state index contributed by atoms with van der Waals surface area (Å²) in [4.78, 5) is 0. The molecule has 1 heterocycles. The molecule has 0 saturated heterocycles. The lowest BCUT2D eigenvalue weighted by atomic mass is 11.0. The quantitative estimate of drug-likeness (QED) is 0.470. The molecule has 0 fully saturated rings. The molecule has 0 spiro atoms. The molecule has 0 aromatic rings. The van der Waals surface area contributed by atoms with Crippen molar-refractivity contribution in [2.24, 2.45) is 0 Å². The van der Waals surface area contributed by atoms with E-state index in [0.29, 0.717) is 5.88 Å². The van der Waals surface area contributed by atoms with Gasteiger partial charge in [-0.3, -0.25) is 4.21 Å². The minimum atomic E-state index is -0.715. The average molecular weight is 105 g/mol. The largest absolute Gasteiger partial charge is 0.379 e. The first kappa shape index (κ1) is 3.87. The molecule has 0 aliphatic carbocycles.